The lowest BCUT2D eigenvalue weighted by Crippen LogP contribution is -2.43. The van der Waals surface area contributed by atoms with E-state index in [4.69, 9.17) is 9.47 Å². The summed E-state index contributed by atoms with van der Waals surface area (Å²) < 4.78 is 11.7. The van der Waals surface area contributed by atoms with Crippen LogP contribution < -0.4 is 10.1 Å². The van der Waals surface area contributed by atoms with Gasteiger partial charge in [-0.05, 0) is 70.0 Å². The summed E-state index contributed by atoms with van der Waals surface area (Å²) in [6.07, 6.45) is 7.81. The Hall–Kier alpha value is -1.59. The average Bonchev–Trinajstić information content (AvgIpc) is 2.97. The summed E-state index contributed by atoms with van der Waals surface area (Å²) in [5.74, 6) is 0.754. The standard InChI is InChI=1S/C23H38N2O3/c1-4-14-23(3,28-18-5-2)22(26)24-20-10-12-21(13-11-20)27-19-17-25-15-8-6-7-9-16-25/h10-13H,4-9,14-19H2,1-3H3,(H,24,26)/t23-/m0/s1. The van der Waals surface area contributed by atoms with Crippen LogP contribution >= 0.6 is 0 Å². The Balaban J connectivity index is 1.81. The summed E-state index contributed by atoms with van der Waals surface area (Å²) >= 11 is 0. The van der Waals surface area contributed by atoms with Gasteiger partial charge in [0.1, 0.15) is 18.0 Å². The maximum Gasteiger partial charge on any atom is 0.256 e. The van der Waals surface area contributed by atoms with E-state index in [-0.39, 0.29) is 5.91 Å². The van der Waals surface area contributed by atoms with E-state index in [9.17, 15) is 4.79 Å². The number of anilines is 1. The van der Waals surface area contributed by atoms with Crippen LogP contribution in [-0.2, 0) is 9.53 Å². The summed E-state index contributed by atoms with van der Waals surface area (Å²) in [7, 11) is 0. The predicted molar refractivity (Wildman–Crippen MR) is 115 cm³/mol. The fourth-order valence-electron chi connectivity index (χ4n) is 3.61. The van der Waals surface area contributed by atoms with Crippen molar-refractivity contribution in [3.8, 4) is 5.75 Å². The fraction of sp³-hybridized carbons (Fsp3) is 0.696. The Labute approximate surface area is 170 Å². The van der Waals surface area contributed by atoms with E-state index in [0.717, 1.165) is 30.8 Å². The molecule has 0 saturated carbocycles. The first-order valence-corrected chi connectivity index (χ1v) is 11.0. The third-order valence-electron chi connectivity index (χ3n) is 5.32. The van der Waals surface area contributed by atoms with E-state index in [1.165, 1.54) is 38.8 Å². The molecular weight excluding hydrogens is 352 g/mol. The molecule has 158 valence electrons. The predicted octanol–water partition coefficient (Wildman–Crippen LogP) is 4.87. The lowest BCUT2D eigenvalue weighted by Gasteiger charge is -2.28. The Morgan fingerprint density at radius 2 is 1.71 bits per heavy atom. The quantitative estimate of drug-likeness (QED) is 0.586. The van der Waals surface area contributed by atoms with Crippen molar-refractivity contribution in [2.24, 2.45) is 0 Å². The Kier molecular flexibility index (Phi) is 9.79. The van der Waals surface area contributed by atoms with Crippen LogP contribution in [0.3, 0.4) is 0 Å². The van der Waals surface area contributed by atoms with Gasteiger partial charge in [-0.25, -0.2) is 0 Å². The molecule has 1 aromatic rings. The zero-order valence-electron chi connectivity index (χ0n) is 18.0. The number of hydrogen-bond acceptors (Lipinski definition) is 4. The van der Waals surface area contributed by atoms with E-state index in [1.807, 2.05) is 31.2 Å². The Bertz CT molecular complexity index is 568. The first kappa shape index (κ1) is 22.7. The van der Waals surface area contributed by atoms with Gasteiger partial charge in [-0.3, -0.25) is 9.69 Å². The Morgan fingerprint density at radius 1 is 1.04 bits per heavy atom. The van der Waals surface area contributed by atoms with E-state index in [1.54, 1.807) is 0 Å². The second kappa shape index (κ2) is 12.1. The summed E-state index contributed by atoms with van der Waals surface area (Å²) in [5, 5.41) is 2.99. The number of benzene rings is 1. The molecule has 1 heterocycles. The van der Waals surface area contributed by atoms with Gasteiger partial charge in [0.25, 0.3) is 5.91 Å². The Morgan fingerprint density at radius 3 is 2.32 bits per heavy atom. The highest BCUT2D eigenvalue weighted by Gasteiger charge is 2.33. The van der Waals surface area contributed by atoms with Crippen LogP contribution in [0.5, 0.6) is 5.75 Å². The number of nitrogens with zero attached hydrogens (tertiary/aromatic N) is 1. The van der Waals surface area contributed by atoms with Gasteiger partial charge in [0.05, 0.1) is 0 Å². The zero-order valence-corrected chi connectivity index (χ0v) is 18.0. The van der Waals surface area contributed by atoms with E-state index < -0.39 is 5.60 Å². The highest BCUT2D eigenvalue weighted by molar-refractivity contribution is 5.97. The lowest BCUT2D eigenvalue weighted by atomic mass is 9.99. The molecule has 0 unspecified atom stereocenters. The minimum Gasteiger partial charge on any atom is -0.492 e. The number of amides is 1. The summed E-state index contributed by atoms with van der Waals surface area (Å²) in [5.41, 5.74) is -0.0140. The molecule has 1 aromatic carbocycles. The molecule has 0 aliphatic carbocycles. The highest BCUT2D eigenvalue weighted by atomic mass is 16.5. The zero-order chi connectivity index (χ0) is 20.2. The molecule has 0 radical (unpaired) electrons. The molecule has 2 rings (SSSR count). The van der Waals surface area contributed by atoms with Crippen molar-refractivity contribution in [1.82, 2.24) is 4.90 Å². The van der Waals surface area contributed by atoms with Crippen molar-refractivity contribution in [3.05, 3.63) is 24.3 Å². The normalized spacial score (nSPS) is 17.5. The van der Waals surface area contributed by atoms with Crippen LogP contribution in [0, 0.1) is 0 Å². The monoisotopic (exact) mass is 390 g/mol. The van der Waals surface area contributed by atoms with Gasteiger partial charge in [0.2, 0.25) is 0 Å². The number of nitrogens with one attached hydrogen (secondary N) is 1. The van der Waals surface area contributed by atoms with E-state index in [0.29, 0.717) is 19.6 Å². The van der Waals surface area contributed by atoms with Crippen LogP contribution in [0.1, 0.15) is 65.7 Å². The SMILES string of the molecule is CCCO[C@@](C)(CCC)C(=O)Nc1ccc(OCCN2CCCCCC2)cc1. The van der Waals surface area contributed by atoms with Gasteiger partial charge in [-0.2, -0.15) is 0 Å². The largest absolute Gasteiger partial charge is 0.492 e. The van der Waals surface area contributed by atoms with Gasteiger partial charge < -0.3 is 14.8 Å². The van der Waals surface area contributed by atoms with E-state index in [2.05, 4.69) is 24.1 Å². The van der Waals surface area contributed by atoms with Crippen molar-refractivity contribution in [3.63, 3.8) is 0 Å². The topological polar surface area (TPSA) is 50.8 Å². The third-order valence-corrected chi connectivity index (χ3v) is 5.32. The number of carbonyl (C=O) groups is 1. The molecule has 5 heteroatoms. The molecule has 0 bridgehead atoms. The first-order valence-electron chi connectivity index (χ1n) is 11.0. The van der Waals surface area contributed by atoms with E-state index >= 15 is 0 Å². The molecular formula is C23H38N2O3. The van der Waals surface area contributed by atoms with Gasteiger partial charge in [-0.1, -0.05) is 33.1 Å². The molecule has 28 heavy (non-hydrogen) atoms. The summed E-state index contributed by atoms with van der Waals surface area (Å²) in [6, 6.07) is 7.63. The van der Waals surface area contributed by atoms with Crippen LogP contribution in [0.25, 0.3) is 0 Å². The van der Waals surface area contributed by atoms with Gasteiger partial charge in [0.15, 0.2) is 0 Å². The maximum atomic E-state index is 12.7. The molecule has 0 aromatic heterocycles. The minimum atomic E-state index is -0.785. The lowest BCUT2D eigenvalue weighted by molar-refractivity contribution is -0.140. The van der Waals surface area contributed by atoms with Crippen molar-refractivity contribution in [2.45, 2.75) is 71.3 Å². The first-order chi connectivity index (χ1) is 13.6. The molecule has 1 N–H and O–H groups in total. The number of carbonyl (C=O) groups excluding carboxylic acids is 1. The smallest absolute Gasteiger partial charge is 0.256 e. The fourth-order valence-corrected chi connectivity index (χ4v) is 3.61. The second-order valence-electron chi connectivity index (χ2n) is 7.91. The molecule has 1 aliphatic heterocycles. The van der Waals surface area contributed by atoms with Crippen molar-refractivity contribution in [1.29, 1.82) is 0 Å². The number of likely N-dealkylation sites (tertiary alicyclic amines) is 1. The van der Waals surface area contributed by atoms with Crippen molar-refractivity contribution in [2.75, 3.05) is 38.2 Å². The molecule has 1 aliphatic rings. The average molecular weight is 391 g/mol. The van der Waals surface area contributed by atoms with Crippen LogP contribution in [-0.4, -0.2) is 49.3 Å². The van der Waals surface area contributed by atoms with Crippen molar-refractivity contribution >= 4 is 11.6 Å². The summed E-state index contributed by atoms with van der Waals surface area (Å²) in [4.78, 5) is 15.2. The van der Waals surface area contributed by atoms with Crippen molar-refractivity contribution < 1.29 is 14.3 Å². The van der Waals surface area contributed by atoms with Gasteiger partial charge in [-0.15, -0.1) is 0 Å². The molecule has 1 saturated heterocycles. The number of hydrogen-bond donors (Lipinski definition) is 1. The number of rotatable bonds is 11. The molecule has 1 amide bonds. The number of ether oxygens (including phenoxy) is 2. The maximum absolute atomic E-state index is 12.7. The second-order valence-corrected chi connectivity index (χ2v) is 7.91. The molecule has 5 nitrogen and oxygen atoms in total. The van der Waals surface area contributed by atoms with Gasteiger partial charge in [0, 0.05) is 18.8 Å². The molecule has 1 fully saturated rings. The summed E-state index contributed by atoms with van der Waals surface area (Å²) in [6.45, 7) is 10.6. The molecule has 0 spiro atoms. The van der Waals surface area contributed by atoms with Crippen LogP contribution in [0.4, 0.5) is 5.69 Å². The minimum absolute atomic E-state index is 0.0855. The third kappa shape index (κ3) is 7.44. The van der Waals surface area contributed by atoms with Crippen LogP contribution in [0.15, 0.2) is 24.3 Å². The highest BCUT2D eigenvalue weighted by Crippen LogP contribution is 2.22. The van der Waals surface area contributed by atoms with Crippen LogP contribution in [0.2, 0.25) is 0 Å². The molecule has 1 atom stereocenters. The van der Waals surface area contributed by atoms with Gasteiger partial charge >= 0.3 is 0 Å².